The highest BCUT2D eigenvalue weighted by Gasteiger charge is 2.19. The smallest absolute Gasteiger partial charge is 0.123 e. The number of hydrogen-bond acceptors (Lipinski definition) is 1. The van der Waals surface area contributed by atoms with Crippen molar-refractivity contribution in [3.05, 3.63) is 35.6 Å². The molecule has 0 spiro atoms. The van der Waals surface area contributed by atoms with E-state index in [0.717, 1.165) is 31.0 Å². The predicted octanol–water partition coefficient (Wildman–Crippen LogP) is 2.51. The van der Waals surface area contributed by atoms with Crippen LogP contribution in [-0.4, -0.2) is 12.6 Å². The molecule has 0 aromatic heterocycles. The Morgan fingerprint density at radius 2 is 2.21 bits per heavy atom. The Bertz CT molecular complexity index is 294. The second kappa shape index (κ2) is 4.56. The quantitative estimate of drug-likeness (QED) is 0.708. The van der Waals surface area contributed by atoms with Gasteiger partial charge < -0.3 is 5.32 Å². The first-order chi connectivity index (χ1) is 6.84. The van der Waals surface area contributed by atoms with E-state index in [1.54, 1.807) is 12.1 Å². The summed E-state index contributed by atoms with van der Waals surface area (Å²) in [5.41, 5.74) is 1.10. The van der Waals surface area contributed by atoms with Gasteiger partial charge in [-0.25, -0.2) is 4.39 Å². The van der Waals surface area contributed by atoms with Crippen LogP contribution >= 0.6 is 0 Å². The molecule has 76 valence electrons. The number of hydrogen-bond donors (Lipinski definition) is 1. The molecule has 1 saturated carbocycles. The normalized spacial score (nSPS) is 15.8. The molecule has 1 aromatic rings. The number of aryl methyl sites for hydroxylation is 1. The van der Waals surface area contributed by atoms with Crippen molar-refractivity contribution in [1.29, 1.82) is 0 Å². The molecule has 0 bridgehead atoms. The maximum absolute atomic E-state index is 12.8. The molecule has 1 aromatic carbocycles. The zero-order valence-electron chi connectivity index (χ0n) is 8.30. The van der Waals surface area contributed by atoms with E-state index in [9.17, 15) is 4.39 Å². The van der Waals surface area contributed by atoms with Gasteiger partial charge in [-0.15, -0.1) is 0 Å². The summed E-state index contributed by atoms with van der Waals surface area (Å²) in [6, 6.07) is 7.66. The minimum absolute atomic E-state index is 0.127. The lowest BCUT2D eigenvalue weighted by molar-refractivity contribution is 0.619. The monoisotopic (exact) mass is 193 g/mol. The molecule has 1 aliphatic rings. The zero-order chi connectivity index (χ0) is 9.80. The third kappa shape index (κ3) is 3.11. The molecule has 2 rings (SSSR count). The second-order valence-corrected chi connectivity index (χ2v) is 3.96. The van der Waals surface area contributed by atoms with Crippen molar-refractivity contribution in [3.63, 3.8) is 0 Å². The van der Waals surface area contributed by atoms with Crippen LogP contribution in [0.4, 0.5) is 4.39 Å². The van der Waals surface area contributed by atoms with Gasteiger partial charge in [-0.05, 0) is 49.9 Å². The Balaban J connectivity index is 1.68. The van der Waals surface area contributed by atoms with Gasteiger partial charge in [0.2, 0.25) is 0 Å². The van der Waals surface area contributed by atoms with E-state index in [0.29, 0.717) is 0 Å². The summed E-state index contributed by atoms with van der Waals surface area (Å²) in [4.78, 5) is 0. The zero-order valence-corrected chi connectivity index (χ0v) is 8.30. The fourth-order valence-corrected chi connectivity index (χ4v) is 1.58. The van der Waals surface area contributed by atoms with E-state index in [4.69, 9.17) is 0 Å². The Morgan fingerprint density at radius 1 is 1.36 bits per heavy atom. The second-order valence-electron chi connectivity index (χ2n) is 3.96. The van der Waals surface area contributed by atoms with Crippen LogP contribution in [-0.2, 0) is 6.42 Å². The Labute approximate surface area is 84.3 Å². The SMILES string of the molecule is Fc1cccc(CCCNC2CC2)c1. The van der Waals surface area contributed by atoms with Crippen molar-refractivity contribution >= 4 is 0 Å². The minimum Gasteiger partial charge on any atom is -0.314 e. The lowest BCUT2D eigenvalue weighted by Gasteiger charge is -2.02. The summed E-state index contributed by atoms with van der Waals surface area (Å²) in [6.07, 6.45) is 4.73. The highest BCUT2D eigenvalue weighted by Crippen LogP contribution is 2.18. The van der Waals surface area contributed by atoms with Gasteiger partial charge in [0.1, 0.15) is 5.82 Å². The average molecular weight is 193 g/mol. The third-order valence-corrected chi connectivity index (χ3v) is 2.54. The van der Waals surface area contributed by atoms with Crippen molar-refractivity contribution in [2.24, 2.45) is 0 Å². The van der Waals surface area contributed by atoms with Gasteiger partial charge in [0.05, 0.1) is 0 Å². The summed E-state index contributed by atoms with van der Waals surface area (Å²) >= 11 is 0. The highest BCUT2D eigenvalue weighted by atomic mass is 19.1. The first-order valence-electron chi connectivity index (χ1n) is 5.32. The van der Waals surface area contributed by atoms with Crippen molar-refractivity contribution in [1.82, 2.24) is 5.32 Å². The van der Waals surface area contributed by atoms with E-state index >= 15 is 0 Å². The molecule has 0 amide bonds. The molecular formula is C12H16FN. The van der Waals surface area contributed by atoms with Crippen molar-refractivity contribution < 1.29 is 4.39 Å². The summed E-state index contributed by atoms with van der Waals surface area (Å²) in [7, 11) is 0. The fraction of sp³-hybridized carbons (Fsp3) is 0.500. The molecule has 0 heterocycles. The molecule has 1 fully saturated rings. The van der Waals surface area contributed by atoms with Crippen LogP contribution in [0.2, 0.25) is 0 Å². The molecule has 0 radical (unpaired) electrons. The van der Waals surface area contributed by atoms with Gasteiger partial charge in [0.25, 0.3) is 0 Å². The minimum atomic E-state index is -0.127. The Morgan fingerprint density at radius 3 is 2.93 bits per heavy atom. The molecule has 1 N–H and O–H groups in total. The summed E-state index contributed by atoms with van der Waals surface area (Å²) < 4.78 is 12.8. The standard InChI is InChI=1S/C12H16FN/c13-11-5-1-3-10(9-11)4-2-8-14-12-6-7-12/h1,3,5,9,12,14H,2,4,6-8H2. The molecular weight excluding hydrogens is 177 g/mol. The number of halogens is 1. The first-order valence-corrected chi connectivity index (χ1v) is 5.32. The molecule has 14 heavy (non-hydrogen) atoms. The van der Waals surface area contributed by atoms with Crippen LogP contribution in [0.1, 0.15) is 24.8 Å². The average Bonchev–Trinajstić information content (AvgIpc) is 2.96. The van der Waals surface area contributed by atoms with E-state index in [2.05, 4.69) is 5.32 Å². The van der Waals surface area contributed by atoms with Crippen LogP contribution < -0.4 is 5.32 Å². The molecule has 0 saturated heterocycles. The van der Waals surface area contributed by atoms with E-state index < -0.39 is 0 Å². The summed E-state index contributed by atoms with van der Waals surface area (Å²) in [5.74, 6) is -0.127. The number of nitrogens with one attached hydrogen (secondary N) is 1. The largest absolute Gasteiger partial charge is 0.314 e. The topological polar surface area (TPSA) is 12.0 Å². The lowest BCUT2D eigenvalue weighted by Crippen LogP contribution is -2.17. The van der Waals surface area contributed by atoms with E-state index in [-0.39, 0.29) is 5.82 Å². The maximum Gasteiger partial charge on any atom is 0.123 e. The van der Waals surface area contributed by atoms with Gasteiger partial charge >= 0.3 is 0 Å². The molecule has 0 atom stereocenters. The third-order valence-electron chi connectivity index (χ3n) is 2.54. The number of rotatable bonds is 5. The molecule has 1 nitrogen and oxygen atoms in total. The van der Waals surface area contributed by atoms with Gasteiger partial charge in [0, 0.05) is 6.04 Å². The van der Waals surface area contributed by atoms with Crippen LogP contribution in [0, 0.1) is 5.82 Å². The summed E-state index contributed by atoms with van der Waals surface area (Å²) in [5, 5.41) is 3.45. The van der Waals surface area contributed by atoms with Crippen LogP contribution in [0.25, 0.3) is 0 Å². The molecule has 0 unspecified atom stereocenters. The highest BCUT2D eigenvalue weighted by molar-refractivity contribution is 5.16. The maximum atomic E-state index is 12.8. The lowest BCUT2D eigenvalue weighted by atomic mass is 10.1. The van der Waals surface area contributed by atoms with Crippen LogP contribution in [0.5, 0.6) is 0 Å². The molecule has 1 aliphatic carbocycles. The van der Waals surface area contributed by atoms with Gasteiger partial charge in [0.15, 0.2) is 0 Å². The van der Waals surface area contributed by atoms with Gasteiger partial charge in [-0.1, -0.05) is 12.1 Å². The molecule has 2 heteroatoms. The van der Waals surface area contributed by atoms with Gasteiger partial charge in [-0.2, -0.15) is 0 Å². The van der Waals surface area contributed by atoms with E-state index in [1.807, 2.05) is 6.07 Å². The van der Waals surface area contributed by atoms with Crippen molar-refractivity contribution in [3.8, 4) is 0 Å². The summed E-state index contributed by atoms with van der Waals surface area (Å²) in [6.45, 7) is 1.06. The van der Waals surface area contributed by atoms with Crippen LogP contribution in [0.3, 0.4) is 0 Å². The fourth-order valence-electron chi connectivity index (χ4n) is 1.58. The molecule has 0 aliphatic heterocycles. The van der Waals surface area contributed by atoms with Crippen LogP contribution in [0.15, 0.2) is 24.3 Å². The first kappa shape index (κ1) is 9.66. The predicted molar refractivity (Wildman–Crippen MR) is 55.7 cm³/mol. The van der Waals surface area contributed by atoms with E-state index in [1.165, 1.54) is 18.9 Å². The van der Waals surface area contributed by atoms with Crippen molar-refractivity contribution in [2.75, 3.05) is 6.54 Å². The Hall–Kier alpha value is -0.890. The number of benzene rings is 1. The van der Waals surface area contributed by atoms with Crippen molar-refractivity contribution in [2.45, 2.75) is 31.7 Å². The van der Waals surface area contributed by atoms with Gasteiger partial charge in [-0.3, -0.25) is 0 Å². The Kier molecular flexibility index (Phi) is 3.14.